The standard InChI is InChI=1S/C17H28N2O2/c1-2-17(9-10-17)12-18-14-11-15(20)19(16(14)21)13-7-5-3-4-6-8-13/h13-14,18H,2-12H2,1H3. The van der Waals surface area contributed by atoms with Gasteiger partial charge in [-0.25, -0.2) is 0 Å². The van der Waals surface area contributed by atoms with E-state index in [1.54, 1.807) is 4.90 Å². The Morgan fingerprint density at radius 1 is 1.14 bits per heavy atom. The van der Waals surface area contributed by atoms with E-state index >= 15 is 0 Å². The van der Waals surface area contributed by atoms with Crippen molar-refractivity contribution in [3.05, 3.63) is 0 Å². The monoisotopic (exact) mass is 292 g/mol. The lowest BCUT2D eigenvalue weighted by Crippen LogP contribution is -2.45. The highest BCUT2D eigenvalue weighted by Crippen LogP contribution is 2.48. The second-order valence-corrected chi connectivity index (χ2v) is 7.24. The van der Waals surface area contributed by atoms with E-state index < -0.39 is 0 Å². The first kappa shape index (κ1) is 15.0. The van der Waals surface area contributed by atoms with Crippen molar-refractivity contribution in [3.8, 4) is 0 Å². The SMILES string of the molecule is CCC1(CNC2CC(=O)N(C3CCCCCC3)C2=O)CC1. The van der Waals surface area contributed by atoms with E-state index in [9.17, 15) is 9.59 Å². The molecule has 21 heavy (non-hydrogen) atoms. The summed E-state index contributed by atoms with van der Waals surface area (Å²) in [6, 6.07) is -0.0925. The van der Waals surface area contributed by atoms with Crippen LogP contribution in [0.3, 0.4) is 0 Å². The molecule has 3 rings (SSSR count). The third kappa shape index (κ3) is 3.15. The van der Waals surface area contributed by atoms with E-state index in [0.717, 1.165) is 32.2 Å². The van der Waals surface area contributed by atoms with E-state index in [2.05, 4.69) is 12.2 Å². The molecule has 1 heterocycles. The summed E-state index contributed by atoms with van der Waals surface area (Å²) in [5, 5.41) is 3.39. The zero-order valence-electron chi connectivity index (χ0n) is 13.2. The van der Waals surface area contributed by atoms with Crippen molar-refractivity contribution in [2.75, 3.05) is 6.54 Å². The van der Waals surface area contributed by atoms with Crippen LogP contribution in [0, 0.1) is 5.41 Å². The number of hydrogen-bond acceptors (Lipinski definition) is 3. The normalized spacial score (nSPS) is 29.8. The van der Waals surface area contributed by atoms with Gasteiger partial charge in [-0.05, 0) is 37.5 Å². The maximum atomic E-state index is 12.6. The van der Waals surface area contributed by atoms with Crippen LogP contribution in [-0.4, -0.2) is 35.3 Å². The molecular weight excluding hydrogens is 264 g/mol. The Bertz CT molecular complexity index is 409. The van der Waals surface area contributed by atoms with Crippen LogP contribution in [0.2, 0.25) is 0 Å². The van der Waals surface area contributed by atoms with Gasteiger partial charge in [-0.15, -0.1) is 0 Å². The summed E-state index contributed by atoms with van der Waals surface area (Å²) in [5.74, 6) is 0.0875. The Kier molecular flexibility index (Phi) is 4.34. The minimum Gasteiger partial charge on any atom is -0.305 e. The number of hydrogen-bond donors (Lipinski definition) is 1. The third-order valence-electron chi connectivity index (χ3n) is 5.80. The molecule has 118 valence electrons. The molecule has 1 unspecified atom stereocenters. The Balaban J connectivity index is 1.59. The molecule has 1 aliphatic heterocycles. The molecule has 1 N–H and O–H groups in total. The van der Waals surface area contributed by atoms with Crippen molar-refractivity contribution in [2.24, 2.45) is 5.41 Å². The lowest BCUT2D eigenvalue weighted by atomic mass is 10.0. The molecule has 0 radical (unpaired) electrons. The lowest BCUT2D eigenvalue weighted by molar-refractivity contribution is -0.141. The molecule has 0 aromatic rings. The van der Waals surface area contributed by atoms with E-state index in [4.69, 9.17) is 0 Å². The summed E-state index contributed by atoms with van der Waals surface area (Å²) < 4.78 is 0. The molecule has 0 aromatic heterocycles. The zero-order valence-corrected chi connectivity index (χ0v) is 13.2. The van der Waals surface area contributed by atoms with Gasteiger partial charge in [0.15, 0.2) is 0 Å². The predicted octanol–water partition coefficient (Wildman–Crippen LogP) is 2.62. The maximum Gasteiger partial charge on any atom is 0.247 e. The van der Waals surface area contributed by atoms with E-state index in [0.29, 0.717) is 11.8 Å². The molecule has 3 fully saturated rings. The average molecular weight is 292 g/mol. The van der Waals surface area contributed by atoms with Gasteiger partial charge in [0, 0.05) is 12.6 Å². The lowest BCUT2D eigenvalue weighted by Gasteiger charge is -2.25. The smallest absolute Gasteiger partial charge is 0.247 e. The van der Waals surface area contributed by atoms with Gasteiger partial charge in [-0.3, -0.25) is 14.5 Å². The Morgan fingerprint density at radius 3 is 2.38 bits per heavy atom. The number of carbonyl (C=O) groups excluding carboxylic acids is 2. The first-order chi connectivity index (χ1) is 10.2. The quantitative estimate of drug-likeness (QED) is 0.626. The van der Waals surface area contributed by atoms with Crippen LogP contribution >= 0.6 is 0 Å². The van der Waals surface area contributed by atoms with Crippen molar-refractivity contribution in [1.82, 2.24) is 10.2 Å². The van der Waals surface area contributed by atoms with Crippen LogP contribution < -0.4 is 5.32 Å². The number of nitrogens with zero attached hydrogens (tertiary/aromatic N) is 1. The summed E-state index contributed by atoms with van der Waals surface area (Å²) >= 11 is 0. The third-order valence-corrected chi connectivity index (χ3v) is 5.80. The van der Waals surface area contributed by atoms with Gasteiger partial charge < -0.3 is 5.32 Å². The largest absolute Gasteiger partial charge is 0.305 e. The first-order valence-corrected chi connectivity index (χ1v) is 8.74. The second kappa shape index (κ2) is 6.07. The van der Waals surface area contributed by atoms with Crippen molar-refractivity contribution >= 4 is 11.8 Å². The minimum atomic E-state index is -0.259. The first-order valence-electron chi connectivity index (χ1n) is 8.74. The molecule has 0 aromatic carbocycles. The summed E-state index contributed by atoms with van der Waals surface area (Å²) in [7, 11) is 0. The van der Waals surface area contributed by atoms with E-state index in [1.807, 2.05) is 0 Å². The number of likely N-dealkylation sites (tertiary alicyclic amines) is 1. The van der Waals surface area contributed by atoms with Gasteiger partial charge in [0.25, 0.3) is 0 Å². The van der Waals surface area contributed by atoms with Crippen LogP contribution in [0.25, 0.3) is 0 Å². The molecule has 2 amide bonds. The van der Waals surface area contributed by atoms with E-state index in [1.165, 1.54) is 32.1 Å². The van der Waals surface area contributed by atoms with Crippen LogP contribution in [-0.2, 0) is 9.59 Å². The fraction of sp³-hybridized carbons (Fsp3) is 0.882. The molecule has 2 saturated carbocycles. The highest BCUT2D eigenvalue weighted by atomic mass is 16.2. The fourth-order valence-corrected chi connectivity index (χ4v) is 3.88. The molecular formula is C17H28N2O2. The number of amides is 2. The Hall–Kier alpha value is -0.900. The summed E-state index contributed by atoms with van der Waals surface area (Å²) in [5.41, 5.74) is 0.416. The van der Waals surface area contributed by atoms with Gasteiger partial charge in [0.1, 0.15) is 0 Å². The molecule has 1 atom stereocenters. The van der Waals surface area contributed by atoms with Gasteiger partial charge in [-0.1, -0.05) is 32.6 Å². The van der Waals surface area contributed by atoms with Gasteiger partial charge in [0.2, 0.25) is 11.8 Å². The van der Waals surface area contributed by atoms with Crippen molar-refractivity contribution in [3.63, 3.8) is 0 Å². The van der Waals surface area contributed by atoms with Gasteiger partial charge in [-0.2, -0.15) is 0 Å². The molecule has 0 spiro atoms. The number of carbonyl (C=O) groups is 2. The average Bonchev–Trinajstić information content (AvgIpc) is 3.24. The highest BCUT2D eigenvalue weighted by Gasteiger charge is 2.45. The maximum absolute atomic E-state index is 12.6. The van der Waals surface area contributed by atoms with E-state index in [-0.39, 0.29) is 23.9 Å². The topological polar surface area (TPSA) is 49.4 Å². The highest BCUT2D eigenvalue weighted by molar-refractivity contribution is 6.05. The minimum absolute atomic E-state index is 0.0406. The molecule has 1 saturated heterocycles. The Labute approximate surface area is 127 Å². The van der Waals surface area contributed by atoms with Crippen LogP contribution in [0.5, 0.6) is 0 Å². The zero-order chi connectivity index (χ0) is 14.9. The van der Waals surface area contributed by atoms with Crippen molar-refractivity contribution in [1.29, 1.82) is 0 Å². The van der Waals surface area contributed by atoms with Crippen LogP contribution in [0.15, 0.2) is 0 Å². The van der Waals surface area contributed by atoms with Gasteiger partial charge in [0.05, 0.1) is 12.5 Å². The fourth-order valence-electron chi connectivity index (χ4n) is 3.88. The molecule has 0 bridgehead atoms. The van der Waals surface area contributed by atoms with Crippen molar-refractivity contribution < 1.29 is 9.59 Å². The summed E-state index contributed by atoms with van der Waals surface area (Å²) in [6.07, 6.45) is 10.9. The number of imide groups is 1. The van der Waals surface area contributed by atoms with Crippen LogP contribution in [0.4, 0.5) is 0 Å². The second-order valence-electron chi connectivity index (χ2n) is 7.24. The van der Waals surface area contributed by atoms with Gasteiger partial charge >= 0.3 is 0 Å². The molecule has 4 nitrogen and oxygen atoms in total. The van der Waals surface area contributed by atoms with Crippen LogP contribution in [0.1, 0.15) is 71.1 Å². The molecule has 4 heteroatoms. The Morgan fingerprint density at radius 2 is 1.81 bits per heavy atom. The number of nitrogens with one attached hydrogen (secondary N) is 1. The molecule has 2 aliphatic carbocycles. The summed E-state index contributed by atoms with van der Waals surface area (Å²) in [6.45, 7) is 3.11. The summed E-state index contributed by atoms with van der Waals surface area (Å²) in [4.78, 5) is 26.5. The predicted molar refractivity (Wildman–Crippen MR) is 81.7 cm³/mol. The number of rotatable bonds is 5. The van der Waals surface area contributed by atoms with Crippen molar-refractivity contribution in [2.45, 2.75) is 83.2 Å². The molecule has 3 aliphatic rings.